The Morgan fingerprint density at radius 2 is 2.15 bits per heavy atom. The number of thiazole rings is 1. The quantitative estimate of drug-likeness (QED) is 0.842. The van der Waals surface area contributed by atoms with Crippen LogP contribution in [0.4, 0.5) is 0 Å². The van der Waals surface area contributed by atoms with Gasteiger partial charge < -0.3 is 9.64 Å². The van der Waals surface area contributed by atoms with E-state index in [4.69, 9.17) is 4.74 Å². The van der Waals surface area contributed by atoms with Crippen LogP contribution in [0, 0.1) is 12.8 Å². The van der Waals surface area contributed by atoms with Gasteiger partial charge in [0, 0.05) is 36.8 Å². The second-order valence-corrected chi connectivity index (χ2v) is 6.65. The maximum absolute atomic E-state index is 12.8. The van der Waals surface area contributed by atoms with Crippen molar-refractivity contribution in [2.45, 2.75) is 45.1 Å². The Morgan fingerprint density at radius 1 is 1.35 bits per heavy atom. The first-order valence-electron chi connectivity index (χ1n) is 7.56. The summed E-state index contributed by atoms with van der Waals surface area (Å²) in [6.45, 7) is 4.36. The van der Waals surface area contributed by atoms with Gasteiger partial charge in [-0.3, -0.25) is 4.79 Å². The summed E-state index contributed by atoms with van der Waals surface area (Å²) >= 11 is 1.69. The molecule has 3 heterocycles. The number of carbonyl (C=O) groups excluding carboxylic acids is 1. The predicted octanol–water partition coefficient (Wildman–Crippen LogP) is 2.93. The molecule has 1 atom stereocenters. The normalized spacial score (nSPS) is 24.9. The van der Waals surface area contributed by atoms with Gasteiger partial charge in [-0.15, -0.1) is 11.3 Å². The van der Waals surface area contributed by atoms with Crippen molar-refractivity contribution in [2.24, 2.45) is 5.92 Å². The van der Waals surface area contributed by atoms with E-state index in [-0.39, 0.29) is 12.0 Å². The highest BCUT2D eigenvalue weighted by molar-refractivity contribution is 7.09. The van der Waals surface area contributed by atoms with Gasteiger partial charge in [0.2, 0.25) is 5.91 Å². The standard InChI is InChI=1S/C15H22N2O2S/c1-11-10-20-14(16-11)13-4-2-3-7-17(13)15(18)12-5-8-19-9-6-12/h10,12-13H,2-9H2,1H3/t13-/m1/s1. The number of nitrogens with zero attached hydrogens (tertiary/aromatic N) is 2. The molecule has 2 aliphatic rings. The first kappa shape index (κ1) is 14.0. The van der Waals surface area contributed by atoms with Crippen LogP contribution >= 0.6 is 11.3 Å². The Hall–Kier alpha value is -0.940. The van der Waals surface area contributed by atoms with E-state index in [9.17, 15) is 4.79 Å². The molecule has 2 fully saturated rings. The number of ether oxygens (including phenoxy) is 1. The van der Waals surface area contributed by atoms with Crippen molar-refractivity contribution < 1.29 is 9.53 Å². The number of aromatic nitrogens is 1. The van der Waals surface area contributed by atoms with E-state index in [1.54, 1.807) is 11.3 Å². The van der Waals surface area contributed by atoms with Crippen LogP contribution in [0.15, 0.2) is 5.38 Å². The van der Waals surface area contributed by atoms with Crippen LogP contribution in [0.1, 0.15) is 48.8 Å². The molecule has 0 unspecified atom stereocenters. The van der Waals surface area contributed by atoms with Crippen LogP contribution in [0.5, 0.6) is 0 Å². The monoisotopic (exact) mass is 294 g/mol. The summed E-state index contributed by atoms with van der Waals surface area (Å²) in [7, 11) is 0. The second kappa shape index (κ2) is 6.22. The summed E-state index contributed by atoms with van der Waals surface area (Å²) in [6.07, 6.45) is 5.12. The molecule has 20 heavy (non-hydrogen) atoms. The van der Waals surface area contributed by atoms with E-state index < -0.39 is 0 Å². The Morgan fingerprint density at radius 3 is 2.85 bits per heavy atom. The second-order valence-electron chi connectivity index (χ2n) is 5.76. The van der Waals surface area contributed by atoms with Gasteiger partial charge >= 0.3 is 0 Å². The number of hydrogen-bond donors (Lipinski definition) is 0. The molecule has 4 nitrogen and oxygen atoms in total. The predicted molar refractivity (Wildman–Crippen MR) is 78.7 cm³/mol. The molecule has 2 aliphatic heterocycles. The average molecular weight is 294 g/mol. The molecule has 0 aromatic carbocycles. The molecule has 0 aliphatic carbocycles. The third-order valence-electron chi connectivity index (χ3n) is 4.28. The zero-order chi connectivity index (χ0) is 13.9. The van der Waals surface area contributed by atoms with Crippen molar-refractivity contribution in [3.63, 3.8) is 0 Å². The minimum atomic E-state index is 0.158. The Kier molecular flexibility index (Phi) is 4.36. The van der Waals surface area contributed by atoms with Crippen LogP contribution in [0.3, 0.4) is 0 Å². The SMILES string of the molecule is Cc1csc([C@H]2CCCCN2C(=O)C2CCOCC2)n1. The molecule has 0 N–H and O–H groups in total. The highest BCUT2D eigenvalue weighted by atomic mass is 32.1. The van der Waals surface area contributed by atoms with E-state index in [0.29, 0.717) is 5.91 Å². The van der Waals surface area contributed by atoms with Gasteiger partial charge in [0.05, 0.1) is 6.04 Å². The largest absolute Gasteiger partial charge is 0.381 e. The molecule has 0 spiro atoms. The lowest BCUT2D eigenvalue weighted by atomic mass is 9.95. The zero-order valence-electron chi connectivity index (χ0n) is 12.0. The van der Waals surface area contributed by atoms with Gasteiger partial charge in [-0.25, -0.2) is 4.98 Å². The van der Waals surface area contributed by atoms with Gasteiger partial charge in [-0.2, -0.15) is 0 Å². The van der Waals surface area contributed by atoms with E-state index in [1.165, 1.54) is 6.42 Å². The lowest BCUT2D eigenvalue weighted by molar-refractivity contribution is -0.142. The van der Waals surface area contributed by atoms with Crippen molar-refractivity contribution in [1.82, 2.24) is 9.88 Å². The van der Waals surface area contributed by atoms with E-state index in [2.05, 4.69) is 15.3 Å². The molecule has 1 aromatic heterocycles. The minimum absolute atomic E-state index is 0.158. The highest BCUT2D eigenvalue weighted by Crippen LogP contribution is 2.34. The van der Waals surface area contributed by atoms with Gasteiger partial charge in [0.25, 0.3) is 0 Å². The van der Waals surface area contributed by atoms with Gasteiger partial charge in [0.15, 0.2) is 0 Å². The number of carbonyl (C=O) groups is 1. The van der Waals surface area contributed by atoms with Crippen molar-refractivity contribution >= 4 is 17.2 Å². The fraction of sp³-hybridized carbons (Fsp3) is 0.733. The van der Waals surface area contributed by atoms with Crippen LogP contribution in [0.2, 0.25) is 0 Å². The summed E-state index contributed by atoms with van der Waals surface area (Å²) in [5.74, 6) is 0.483. The fourth-order valence-electron chi connectivity index (χ4n) is 3.16. The molecule has 3 rings (SSSR count). The third-order valence-corrected chi connectivity index (χ3v) is 5.34. The molecule has 0 bridgehead atoms. The number of hydrogen-bond acceptors (Lipinski definition) is 4. The van der Waals surface area contributed by atoms with Crippen molar-refractivity contribution in [2.75, 3.05) is 19.8 Å². The van der Waals surface area contributed by atoms with Gasteiger partial charge in [0.1, 0.15) is 5.01 Å². The lowest BCUT2D eigenvalue weighted by Crippen LogP contribution is -2.43. The molecule has 0 radical (unpaired) electrons. The summed E-state index contributed by atoms with van der Waals surface area (Å²) in [6, 6.07) is 0.206. The van der Waals surface area contributed by atoms with E-state index >= 15 is 0 Å². The van der Waals surface area contributed by atoms with Gasteiger partial charge in [-0.05, 0) is 39.0 Å². The fourth-order valence-corrected chi connectivity index (χ4v) is 4.10. The maximum atomic E-state index is 12.8. The highest BCUT2D eigenvalue weighted by Gasteiger charge is 2.34. The Labute approximate surface area is 124 Å². The lowest BCUT2D eigenvalue weighted by Gasteiger charge is -2.37. The van der Waals surface area contributed by atoms with Crippen LogP contribution in [-0.4, -0.2) is 35.5 Å². The smallest absolute Gasteiger partial charge is 0.226 e. The van der Waals surface area contributed by atoms with Crippen molar-refractivity contribution in [3.05, 3.63) is 16.1 Å². The number of likely N-dealkylation sites (tertiary alicyclic amines) is 1. The number of rotatable bonds is 2. The molecular weight excluding hydrogens is 272 g/mol. The third kappa shape index (κ3) is 2.88. The molecule has 110 valence electrons. The summed E-state index contributed by atoms with van der Waals surface area (Å²) in [5.41, 5.74) is 1.06. The molecule has 0 saturated carbocycles. The Balaban J connectivity index is 1.76. The number of aryl methyl sites for hydroxylation is 1. The summed E-state index contributed by atoms with van der Waals surface area (Å²) < 4.78 is 5.37. The molecule has 2 saturated heterocycles. The van der Waals surface area contributed by atoms with Gasteiger partial charge in [-0.1, -0.05) is 0 Å². The van der Waals surface area contributed by atoms with Crippen molar-refractivity contribution in [1.29, 1.82) is 0 Å². The van der Waals surface area contributed by atoms with E-state index in [0.717, 1.165) is 56.1 Å². The van der Waals surface area contributed by atoms with Crippen LogP contribution in [0.25, 0.3) is 0 Å². The first-order valence-corrected chi connectivity index (χ1v) is 8.44. The van der Waals surface area contributed by atoms with E-state index in [1.807, 2.05) is 6.92 Å². The maximum Gasteiger partial charge on any atom is 0.226 e. The minimum Gasteiger partial charge on any atom is -0.381 e. The summed E-state index contributed by atoms with van der Waals surface area (Å²) in [5, 5.41) is 3.20. The topological polar surface area (TPSA) is 42.4 Å². The molecule has 5 heteroatoms. The Bertz CT molecular complexity index is 468. The first-order chi connectivity index (χ1) is 9.75. The molecular formula is C15H22N2O2S. The van der Waals surface area contributed by atoms with Crippen molar-refractivity contribution in [3.8, 4) is 0 Å². The molecule has 1 amide bonds. The number of piperidine rings is 1. The van der Waals surface area contributed by atoms with Crippen LogP contribution in [-0.2, 0) is 9.53 Å². The average Bonchev–Trinajstić information content (AvgIpc) is 2.94. The number of amides is 1. The zero-order valence-corrected chi connectivity index (χ0v) is 12.8. The summed E-state index contributed by atoms with van der Waals surface area (Å²) in [4.78, 5) is 19.5. The molecule has 1 aromatic rings. The van der Waals surface area contributed by atoms with Crippen LogP contribution < -0.4 is 0 Å².